The Morgan fingerprint density at radius 2 is 1.88 bits per heavy atom. The number of esters is 1. The van der Waals surface area contributed by atoms with Crippen molar-refractivity contribution in [3.63, 3.8) is 0 Å². The van der Waals surface area contributed by atoms with Crippen LogP contribution in [-0.2, 0) is 23.8 Å². The third kappa shape index (κ3) is 2.08. The lowest BCUT2D eigenvalue weighted by molar-refractivity contribution is -0.201. The van der Waals surface area contributed by atoms with Crippen molar-refractivity contribution >= 4 is 11.8 Å². The minimum absolute atomic E-state index is 0.0865. The maximum absolute atomic E-state index is 13.1. The Bertz CT molecular complexity index is 638. The average molecular weight is 350 g/mol. The zero-order chi connectivity index (χ0) is 18.4. The molecule has 0 unspecified atom stereocenters. The van der Waals surface area contributed by atoms with Crippen molar-refractivity contribution in [3.8, 4) is 0 Å². The first-order valence-corrected chi connectivity index (χ1v) is 9.48. The summed E-state index contributed by atoms with van der Waals surface area (Å²) in [5, 5.41) is 0. The number of ketones is 1. The number of Topliss-reactive ketones (excluding diaryl/α,β-unsaturated/α-hetero) is 1. The highest BCUT2D eigenvalue weighted by Crippen LogP contribution is 2.71. The summed E-state index contributed by atoms with van der Waals surface area (Å²) in [4.78, 5) is 24.9. The Morgan fingerprint density at radius 1 is 1.20 bits per heavy atom. The highest BCUT2D eigenvalue weighted by molar-refractivity contribution is 5.92. The van der Waals surface area contributed by atoms with Gasteiger partial charge in [-0.2, -0.15) is 0 Å². The number of fused-ring (bicyclic) bond motifs is 4. The average Bonchev–Trinajstić information content (AvgIpc) is 3.06. The van der Waals surface area contributed by atoms with Crippen molar-refractivity contribution in [3.05, 3.63) is 0 Å². The highest BCUT2D eigenvalue weighted by Gasteiger charge is 2.77. The second-order valence-corrected chi connectivity index (χ2v) is 9.97. The predicted molar refractivity (Wildman–Crippen MR) is 90.6 cm³/mol. The van der Waals surface area contributed by atoms with Crippen LogP contribution in [0.3, 0.4) is 0 Å². The molecule has 5 heteroatoms. The van der Waals surface area contributed by atoms with E-state index in [4.69, 9.17) is 14.2 Å². The van der Waals surface area contributed by atoms with E-state index in [0.717, 1.165) is 12.8 Å². The van der Waals surface area contributed by atoms with Crippen LogP contribution in [0.2, 0.25) is 0 Å². The molecule has 0 N–H and O–H groups in total. The van der Waals surface area contributed by atoms with Gasteiger partial charge in [-0.15, -0.1) is 0 Å². The largest absolute Gasteiger partial charge is 0.462 e. The van der Waals surface area contributed by atoms with Gasteiger partial charge < -0.3 is 14.2 Å². The van der Waals surface area contributed by atoms with E-state index in [-0.39, 0.29) is 40.5 Å². The van der Waals surface area contributed by atoms with Crippen molar-refractivity contribution in [1.82, 2.24) is 0 Å². The Labute approximate surface area is 149 Å². The number of hydrogen-bond donors (Lipinski definition) is 0. The molecule has 1 aliphatic heterocycles. The van der Waals surface area contributed by atoms with Crippen molar-refractivity contribution in [1.29, 1.82) is 0 Å². The maximum Gasteiger partial charge on any atom is 0.302 e. The van der Waals surface area contributed by atoms with Crippen LogP contribution in [0.5, 0.6) is 0 Å². The lowest BCUT2D eigenvalue weighted by Gasteiger charge is -2.46. The molecule has 1 saturated heterocycles. The third-order valence-corrected chi connectivity index (χ3v) is 7.61. The van der Waals surface area contributed by atoms with Crippen LogP contribution in [0.15, 0.2) is 0 Å². The van der Waals surface area contributed by atoms with E-state index in [1.54, 1.807) is 0 Å². The summed E-state index contributed by atoms with van der Waals surface area (Å²) in [5.41, 5.74) is -1.34. The molecule has 0 amide bonds. The molecule has 0 radical (unpaired) electrons. The fourth-order valence-electron chi connectivity index (χ4n) is 6.72. The van der Waals surface area contributed by atoms with Crippen LogP contribution in [0.25, 0.3) is 0 Å². The van der Waals surface area contributed by atoms with Gasteiger partial charge >= 0.3 is 5.97 Å². The van der Waals surface area contributed by atoms with E-state index >= 15 is 0 Å². The van der Waals surface area contributed by atoms with Gasteiger partial charge in [0.25, 0.3) is 0 Å². The van der Waals surface area contributed by atoms with Gasteiger partial charge in [0, 0.05) is 30.1 Å². The second kappa shape index (κ2) is 4.86. The molecule has 140 valence electrons. The van der Waals surface area contributed by atoms with Gasteiger partial charge in [-0.05, 0) is 38.5 Å². The third-order valence-electron chi connectivity index (χ3n) is 7.61. The van der Waals surface area contributed by atoms with E-state index in [1.165, 1.54) is 6.92 Å². The molecule has 0 aromatic rings. The van der Waals surface area contributed by atoms with Crippen LogP contribution < -0.4 is 0 Å². The Balaban J connectivity index is 1.80. The first-order chi connectivity index (χ1) is 11.4. The fraction of sp³-hybridized carbons (Fsp3) is 0.900. The van der Waals surface area contributed by atoms with E-state index in [9.17, 15) is 9.59 Å². The van der Waals surface area contributed by atoms with Crippen LogP contribution in [0.1, 0.15) is 60.8 Å². The number of carbonyl (C=O) groups excluding carboxylic acids is 2. The molecule has 4 fully saturated rings. The molecule has 5 nitrogen and oxygen atoms in total. The van der Waals surface area contributed by atoms with Crippen molar-refractivity contribution < 1.29 is 23.8 Å². The summed E-state index contributed by atoms with van der Waals surface area (Å²) in [7, 11) is 0. The Morgan fingerprint density at radius 3 is 2.44 bits per heavy atom. The minimum Gasteiger partial charge on any atom is -0.462 e. The van der Waals surface area contributed by atoms with Gasteiger partial charge in [-0.3, -0.25) is 9.59 Å². The molecule has 6 atom stereocenters. The fourth-order valence-corrected chi connectivity index (χ4v) is 6.72. The summed E-state index contributed by atoms with van der Waals surface area (Å²) in [6, 6.07) is 0. The Kier molecular flexibility index (Phi) is 3.40. The number of carbonyl (C=O) groups is 2. The number of rotatable bonds is 1. The van der Waals surface area contributed by atoms with Gasteiger partial charge in [0.2, 0.25) is 0 Å². The van der Waals surface area contributed by atoms with Crippen molar-refractivity contribution in [2.75, 3.05) is 6.61 Å². The molecular formula is C20H30O5. The first-order valence-electron chi connectivity index (χ1n) is 9.48. The summed E-state index contributed by atoms with van der Waals surface area (Å²) >= 11 is 0. The van der Waals surface area contributed by atoms with Gasteiger partial charge in [-0.1, -0.05) is 20.8 Å². The topological polar surface area (TPSA) is 61.8 Å². The van der Waals surface area contributed by atoms with Gasteiger partial charge in [0.15, 0.2) is 17.2 Å². The normalized spacial score (nSPS) is 49.4. The smallest absolute Gasteiger partial charge is 0.302 e. The summed E-state index contributed by atoms with van der Waals surface area (Å²) in [5.74, 6) is 0.0495. The summed E-state index contributed by atoms with van der Waals surface area (Å²) in [6.45, 7) is 12.1. The molecule has 3 saturated carbocycles. The highest BCUT2D eigenvalue weighted by atomic mass is 16.8. The zero-order valence-corrected chi connectivity index (χ0v) is 16.2. The van der Waals surface area contributed by atoms with Gasteiger partial charge in [-0.25, -0.2) is 0 Å². The molecule has 0 bridgehead atoms. The maximum atomic E-state index is 13.1. The molecule has 25 heavy (non-hydrogen) atoms. The standard InChI is InChI=1S/C20H30O5/c1-11(21)24-16-15-12(9-17(16,2)3)7-13-8-14(22)20(19(13,15)6)10-23-18(4,5)25-20/h12-13,15-16H,7-10H2,1-6H3/t12-,13-,15-,16+,19+,20-/m0/s1. The number of ether oxygens (including phenoxy) is 3. The van der Waals surface area contributed by atoms with E-state index in [2.05, 4.69) is 20.8 Å². The van der Waals surface area contributed by atoms with Crippen molar-refractivity contribution in [2.24, 2.45) is 28.6 Å². The predicted octanol–water partition coefficient (Wildman–Crippen LogP) is 3.10. The lowest BCUT2D eigenvalue weighted by atomic mass is 9.64. The molecule has 0 aromatic carbocycles. The van der Waals surface area contributed by atoms with E-state index in [0.29, 0.717) is 18.9 Å². The molecule has 0 aromatic heterocycles. The minimum atomic E-state index is -0.903. The van der Waals surface area contributed by atoms with Gasteiger partial charge in [0.05, 0.1) is 6.61 Å². The first kappa shape index (κ1) is 17.5. The monoisotopic (exact) mass is 350 g/mol. The summed E-state index contributed by atoms with van der Waals surface area (Å²) < 4.78 is 18.1. The molecule has 1 spiro atoms. The summed E-state index contributed by atoms with van der Waals surface area (Å²) in [6.07, 6.45) is 2.41. The van der Waals surface area contributed by atoms with Gasteiger partial charge in [0.1, 0.15) is 6.10 Å². The second-order valence-electron chi connectivity index (χ2n) is 9.97. The molecule has 4 rings (SSSR count). The lowest BCUT2D eigenvalue weighted by Crippen LogP contribution is -2.57. The number of hydrogen-bond acceptors (Lipinski definition) is 5. The van der Waals surface area contributed by atoms with Crippen LogP contribution in [0.4, 0.5) is 0 Å². The van der Waals surface area contributed by atoms with Crippen molar-refractivity contribution in [2.45, 2.75) is 78.3 Å². The molecule has 1 heterocycles. The van der Waals surface area contributed by atoms with Crippen LogP contribution in [-0.4, -0.2) is 35.9 Å². The molecule has 3 aliphatic carbocycles. The van der Waals surface area contributed by atoms with Crippen LogP contribution >= 0.6 is 0 Å². The molecule has 4 aliphatic rings. The Hall–Kier alpha value is -0.940. The zero-order valence-electron chi connectivity index (χ0n) is 16.2. The SMILES string of the molecule is CC(=O)O[C@@H]1[C@@H]2[C@@H](C[C@H]3CC(=O)[C@@]4(COC(C)(C)O4)[C@]32C)CC1(C)C. The molecular weight excluding hydrogens is 320 g/mol. The van der Waals surface area contributed by atoms with E-state index in [1.807, 2.05) is 13.8 Å². The van der Waals surface area contributed by atoms with Crippen LogP contribution in [0, 0.1) is 28.6 Å². The van der Waals surface area contributed by atoms with E-state index < -0.39 is 11.4 Å². The quantitative estimate of drug-likeness (QED) is 0.680.